The van der Waals surface area contributed by atoms with Gasteiger partial charge in [-0.05, 0) is 47.2 Å². The smallest absolute Gasteiger partial charge is 0.251 e. The van der Waals surface area contributed by atoms with Crippen molar-refractivity contribution in [1.82, 2.24) is 5.32 Å². The summed E-state index contributed by atoms with van der Waals surface area (Å²) in [6.07, 6.45) is 0. The fraction of sp³-hybridized carbons (Fsp3) is 0.348. The van der Waals surface area contributed by atoms with Crippen molar-refractivity contribution in [3.05, 3.63) is 65.2 Å². The molecule has 0 spiro atoms. The lowest BCUT2D eigenvalue weighted by Crippen LogP contribution is -2.47. The molecule has 28 heavy (non-hydrogen) atoms. The highest BCUT2D eigenvalue weighted by Crippen LogP contribution is 2.22. The Hall–Kier alpha value is -3.13. The molecule has 0 saturated heterocycles. The van der Waals surface area contributed by atoms with Crippen LogP contribution in [-0.4, -0.2) is 17.9 Å². The summed E-state index contributed by atoms with van der Waals surface area (Å²) in [5.41, 5.74) is 2.64. The quantitative estimate of drug-likeness (QED) is 0.817. The average molecular weight is 377 g/mol. The van der Waals surface area contributed by atoms with Gasteiger partial charge < -0.3 is 10.6 Å². The van der Waals surface area contributed by atoms with E-state index in [0.29, 0.717) is 16.8 Å². The van der Waals surface area contributed by atoms with Crippen LogP contribution < -0.4 is 10.6 Å². The lowest BCUT2D eigenvalue weighted by Gasteiger charge is -2.22. The Morgan fingerprint density at radius 3 is 2.21 bits per heavy atom. The number of amides is 2. The van der Waals surface area contributed by atoms with Crippen LogP contribution in [-0.2, 0) is 10.2 Å². The molecule has 0 aliphatic heterocycles. The molecule has 2 aromatic rings. The van der Waals surface area contributed by atoms with Gasteiger partial charge in [0.1, 0.15) is 6.04 Å². The summed E-state index contributed by atoms with van der Waals surface area (Å²) < 4.78 is 0. The molecular weight excluding hydrogens is 350 g/mol. The van der Waals surface area contributed by atoms with Gasteiger partial charge in [-0.1, -0.05) is 52.8 Å². The molecule has 2 aromatic carbocycles. The number of anilines is 1. The molecule has 2 rings (SSSR count). The summed E-state index contributed by atoms with van der Waals surface area (Å²) in [5, 5.41) is 14.6. The van der Waals surface area contributed by atoms with Gasteiger partial charge in [-0.2, -0.15) is 5.26 Å². The first kappa shape index (κ1) is 21.2. The molecule has 2 amide bonds. The number of nitriles is 1. The molecule has 146 valence electrons. The maximum absolute atomic E-state index is 12.7. The second-order valence-electron chi connectivity index (χ2n) is 8.20. The highest BCUT2D eigenvalue weighted by Gasteiger charge is 2.25. The van der Waals surface area contributed by atoms with Crippen molar-refractivity contribution in [2.24, 2.45) is 5.92 Å². The van der Waals surface area contributed by atoms with E-state index in [4.69, 9.17) is 5.26 Å². The van der Waals surface area contributed by atoms with Crippen molar-refractivity contribution >= 4 is 17.5 Å². The van der Waals surface area contributed by atoms with Crippen LogP contribution in [0.1, 0.15) is 56.1 Å². The van der Waals surface area contributed by atoms with Gasteiger partial charge >= 0.3 is 0 Å². The molecule has 0 aromatic heterocycles. The van der Waals surface area contributed by atoms with E-state index in [1.165, 1.54) is 0 Å². The molecule has 0 aliphatic carbocycles. The van der Waals surface area contributed by atoms with Crippen LogP contribution in [0.15, 0.2) is 48.5 Å². The first-order valence-corrected chi connectivity index (χ1v) is 9.34. The Morgan fingerprint density at radius 1 is 1.04 bits per heavy atom. The van der Waals surface area contributed by atoms with E-state index in [9.17, 15) is 9.59 Å². The van der Waals surface area contributed by atoms with Gasteiger partial charge in [0.2, 0.25) is 5.91 Å². The molecule has 0 bridgehead atoms. The van der Waals surface area contributed by atoms with E-state index >= 15 is 0 Å². The minimum absolute atomic E-state index is 0.00727. The summed E-state index contributed by atoms with van der Waals surface area (Å²) in [5.74, 6) is -0.707. The zero-order valence-corrected chi connectivity index (χ0v) is 17.0. The third-order valence-corrected chi connectivity index (χ3v) is 4.51. The van der Waals surface area contributed by atoms with Crippen LogP contribution >= 0.6 is 0 Å². The van der Waals surface area contributed by atoms with Crippen LogP contribution in [0.2, 0.25) is 0 Å². The van der Waals surface area contributed by atoms with Crippen molar-refractivity contribution in [2.45, 2.75) is 46.1 Å². The molecule has 0 unspecified atom stereocenters. The molecule has 5 nitrogen and oxygen atoms in total. The molecule has 0 saturated carbocycles. The Morgan fingerprint density at radius 2 is 1.68 bits per heavy atom. The number of carbonyl (C=O) groups excluding carboxylic acids is 2. The standard InChI is InChI=1S/C23H27N3O2/c1-15(2)20(22(28)25-19-8-6-7-16(13-19)14-24)26-21(27)17-9-11-18(12-10-17)23(3,4)5/h6-13,15,20H,1-5H3,(H,25,28)(H,26,27)/t20-/m1/s1. The molecule has 0 heterocycles. The van der Waals surface area contributed by atoms with E-state index < -0.39 is 6.04 Å². The van der Waals surface area contributed by atoms with Crippen molar-refractivity contribution in [3.8, 4) is 6.07 Å². The van der Waals surface area contributed by atoms with E-state index in [-0.39, 0.29) is 23.1 Å². The fourth-order valence-corrected chi connectivity index (χ4v) is 2.77. The number of hydrogen-bond acceptors (Lipinski definition) is 3. The van der Waals surface area contributed by atoms with Gasteiger partial charge in [0.25, 0.3) is 5.91 Å². The molecule has 5 heteroatoms. The number of carbonyl (C=O) groups is 2. The van der Waals surface area contributed by atoms with Gasteiger partial charge in [-0.3, -0.25) is 9.59 Å². The minimum atomic E-state index is -0.694. The molecular formula is C23H27N3O2. The van der Waals surface area contributed by atoms with Crippen LogP contribution in [0.5, 0.6) is 0 Å². The van der Waals surface area contributed by atoms with E-state index in [2.05, 4.69) is 31.4 Å². The lowest BCUT2D eigenvalue weighted by atomic mass is 9.86. The van der Waals surface area contributed by atoms with Crippen molar-refractivity contribution in [2.75, 3.05) is 5.32 Å². The number of hydrogen-bond donors (Lipinski definition) is 2. The van der Waals surface area contributed by atoms with Crippen molar-refractivity contribution < 1.29 is 9.59 Å². The molecule has 0 fully saturated rings. The number of nitrogens with zero attached hydrogens (tertiary/aromatic N) is 1. The normalized spacial score (nSPS) is 12.2. The van der Waals surface area contributed by atoms with Gasteiger partial charge in [0.15, 0.2) is 0 Å². The zero-order valence-electron chi connectivity index (χ0n) is 17.0. The average Bonchev–Trinajstić information content (AvgIpc) is 2.65. The maximum atomic E-state index is 12.7. The van der Waals surface area contributed by atoms with Crippen LogP contribution in [0.25, 0.3) is 0 Å². The first-order chi connectivity index (χ1) is 13.1. The summed E-state index contributed by atoms with van der Waals surface area (Å²) in [4.78, 5) is 25.3. The van der Waals surface area contributed by atoms with Crippen molar-refractivity contribution in [1.29, 1.82) is 5.26 Å². The summed E-state index contributed by atoms with van der Waals surface area (Å²) in [6.45, 7) is 10.1. The van der Waals surface area contributed by atoms with Crippen molar-refractivity contribution in [3.63, 3.8) is 0 Å². The summed E-state index contributed by atoms with van der Waals surface area (Å²) >= 11 is 0. The Balaban J connectivity index is 2.12. The maximum Gasteiger partial charge on any atom is 0.251 e. The second kappa shape index (κ2) is 8.71. The van der Waals surface area contributed by atoms with Crippen LogP contribution in [0.4, 0.5) is 5.69 Å². The number of nitrogens with one attached hydrogen (secondary N) is 2. The zero-order chi connectivity index (χ0) is 20.9. The summed E-state index contributed by atoms with van der Waals surface area (Å²) in [6, 6.07) is 15.5. The Kier molecular flexibility index (Phi) is 6.58. The monoisotopic (exact) mass is 377 g/mol. The van der Waals surface area contributed by atoms with Crippen LogP contribution in [0, 0.1) is 17.2 Å². The van der Waals surface area contributed by atoms with E-state index in [1.807, 2.05) is 32.0 Å². The molecule has 1 atom stereocenters. The fourth-order valence-electron chi connectivity index (χ4n) is 2.77. The largest absolute Gasteiger partial charge is 0.340 e. The van der Waals surface area contributed by atoms with Gasteiger partial charge in [0.05, 0.1) is 11.6 Å². The predicted octanol–water partition coefficient (Wildman–Crippen LogP) is 4.25. The minimum Gasteiger partial charge on any atom is -0.340 e. The third-order valence-electron chi connectivity index (χ3n) is 4.51. The highest BCUT2D eigenvalue weighted by atomic mass is 16.2. The Bertz CT molecular complexity index is 887. The third kappa shape index (κ3) is 5.43. The lowest BCUT2D eigenvalue weighted by molar-refractivity contribution is -0.118. The van der Waals surface area contributed by atoms with E-state index in [0.717, 1.165) is 5.56 Å². The highest BCUT2D eigenvalue weighted by molar-refractivity contribution is 6.01. The predicted molar refractivity (Wildman–Crippen MR) is 111 cm³/mol. The molecule has 2 N–H and O–H groups in total. The topological polar surface area (TPSA) is 82.0 Å². The Labute approximate surface area is 166 Å². The first-order valence-electron chi connectivity index (χ1n) is 9.34. The molecule has 0 radical (unpaired) electrons. The van der Waals surface area contributed by atoms with Gasteiger partial charge in [0, 0.05) is 11.3 Å². The number of benzene rings is 2. The van der Waals surface area contributed by atoms with E-state index in [1.54, 1.807) is 36.4 Å². The number of rotatable bonds is 5. The summed E-state index contributed by atoms with van der Waals surface area (Å²) in [7, 11) is 0. The molecule has 0 aliphatic rings. The van der Waals surface area contributed by atoms with Gasteiger partial charge in [-0.15, -0.1) is 0 Å². The van der Waals surface area contributed by atoms with Gasteiger partial charge in [-0.25, -0.2) is 0 Å². The van der Waals surface area contributed by atoms with Crippen LogP contribution in [0.3, 0.4) is 0 Å². The second-order valence-corrected chi connectivity index (χ2v) is 8.20. The SMILES string of the molecule is CC(C)[C@@H](NC(=O)c1ccc(C(C)(C)C)cc1)C(=O)Nc1cccc(C#N)c1.